The summed E-state index contributed by atoms with van der Waals surface area (Å²) in [6.45, 7) is 0. The van der Waals surface area contributed by atoms with Gasteiger partial charge in [-0.1, -0.05) is 18.2 Å². The number of ether oxygens (including phenoxy) is 2. The summed E-state index contributed by atoms with van der Waals surface area (Å²) < 4.78 is 60.9. The number of carbonyl (C=O) groups excluding carboxylic acids is 2. The Morgan fingerprint density at radius 2 is 1.71 bits per heavy atom. The van der Waals surface area contributed by atoms with Crippen molar-refractivity contribution in [3.63, 3.8) is 0 Å². The van der Waals surface area contributed by atoms with E-state index in [1.165, 1.54) is 48.7 Å². The normalized spacial score (nSPS) is 12.0. The number of nitrogens with one attached hydrogen (secondary N) is 1. The SMILES string of the molecule is O=C(Nc1ccccn1)C(OC(=O)C(F)(F)F)Oc1ccc(-c2ccccc2F)nc1. The summed E-state index contributed by atoms with van der Waals surface area (Å²) in [6.07, 6.45) is -5.26. The fourth-order valence-corrected chi connectivity index (χ4v) is 2.32. The molecular weight excluding hydrogens is 422 g/mol. The van der Waals surface area contributed by atoms with Crippen LogP contribution in [0.4, 0.5) is 23.4 Å². The molecule has 0 fully saturated rings. The largest absolute Gasteiger partial charge is 0.491 e. The third-order valence-electron chi connectivity index (χ3n) is 3.71. The van der Waals surface area contributed by atoms with Gasteiger partial charge in [-0.3, -0.25) is 9.78 Å². The first kappa shape index (κ1) is 21.7. The van der Waals surface area contributed by atoms with Crippen LogP contribution in [0.25, 0.3) is 11.3 Å². The topological polar surface area (TPSA) is 90.4 Å². The highest BCUT2D eigenvalue weighted by molar-refractivity contribution is 5.94. The Bertz CT molecular complexity index is 1060. The molecule has 0 aliphatic rings. The average Bonchev–Trinajstić information content (AvgIpc) is 2.74. The first-order valence-corrected chi connectivity index (χ1v) is 8.61. The Balaban J connectivity index is 1.79. The third-order valence-corrected chi connectivity index (χ3v) is 3.71. The van der Waals surface area contributed by atoms with Crippen LogP contribution in [0, 0.1) is 5.82 Å². The van der Waals surface area contributed by atoms with Gasteiger partial charge in [-0.2, -0.15) is 13.2 Å². The molecule has 11 heteroatoms. The van der Waals surface area contributed by atoms with E-state index in [1.54, 1.807) is 12.1 Å². The Morgan fingerprint density at radius 3 is 2.32 bits per heavy atom. The Labute approximate surface area is 172 Å². The highest BCUT2D eigenvalue weighted by Gasteiger charge is 2.44. The van der Waals surface area contributed by atoms with Crippen LogP contribution < -0.4 is 10.1 Å². The van der Waals surface area contributed by atoms with Gasteiger partial charge in [-0.25, -0.2) is 14.2 Å². The molecule has 7 nitrogen and oxygen atoms in total. The zero-order valence-electron chi connectivity index (χ0n) is 15.5. The van der Waals surface area contributed by atoms with Gasteiger partial charge in [-0.05, 0) is 36.4 Å². The number of hydrogen-bond donors (Lipinski definition) is 1. The van der Waals surface area contributed by atoms with Crippen LogP contribution in [0.1, 0.15) is 0 Å². The summed E-state index contributed by atoms with van der Waals surface area (Å²) in [5.74, 6) is -4.57. The molecule has 0 saturated heterocycles. The quantitative estimate of drug-likeness (QED) is 0.361. The van der Waals surface area contributed by atoms with Gasteiger partial charge in [-0.15, -0.1) is 0 Å². The molecule has 0 radical (unpaired) electrons. The van der Waals surface area contributed by atoms with E-state index < -0.39 is 30.2 Å². The number of esters is 1. The van der Waals surface area contributed by atoms with Crippen molar-refractivity contribution in [3.8, 4) is 17.0 Å². The molecule has 1 atom stereocenters. The fourth-order valence-electron chi connectivity index (χ4n) is 2.32. The van der Waals surface area contributed by atoms with Crippen molar-refractivity contribution < 1.29 is 36.6 Å². The number of nitrogens with zero attached hydrogens (tertiary/aromatic N) is 2. The molecule has 160 valence electrons. The number of pyridine rings is 2. The second kappa shape index (κ2) is 9.20. The number of amides is 1. The highest BCUT2D eigenvalue weighted by Crippen LogP contribution is 2.24. The van der Waals surface area contributed by atoms with Crippen molar-refractivity contribution in [1.29, 1.82) is 0 Å². The van der Waals surface area contributed by atoms with Crippen molar-refractivity contribution in [2.45, 2.75) is 12.5 Å². The van der Waals surface area contributed by atoms with E-state index in [9.17, 15) is 27.2 Å². The summed E-state index contributed by atoms with van der Waals surface area (Å²) >= 11 is 0. The number of rotatable bonds is 6. The number of alkyl halides is 3. The van der Waals surface area contributed by atoms with Crippen LogP contribution in [-0.4, -0.2) is 34.3 Å². The van der Waals surface area contributed by atoms with Crippen molar-refractivity contribution in [3.05, 3.63) is 72.8 Å². The molecule has 31 heavy (non-hydrogen) atoms. The van der Waals surface area contributed by atoms with Crippen LogP contribution >= 0.6 is 0 Å². The number of halogens is 4. The van der Waals surface area contributed by atoms with Gasteiger partial charge >= 0.3 is 24.3 Å². The molecule has 3 rings (SSSR count). The number of benzene rings is 1. The van der Waals surface area contributed by atoms with Gasteiger partial charge in [0, 0.05) is 11.8 Å². The molecule has 0 bridgehead atoms. The second-order valence-corrected chi connectivity index (χ2v) is 5.92. The van der Waals surface area contributed by atoms with Crippen LogP contribution in [0.5, 0.6) is 5.75 Å². The average molecular weight is 435 g/mol. The predicted molar refractivity (Wildman–Crippen MR) is 99.1 cm³/mol. The molecule has 1 amide bonds. The first-order chi connectivity index (χ1) is 14.7. The summed E-state index contributed by atoms with van der Waals surface area (Å²) in [5, 5.41) is 2.17. The Kier molecular flexibility index (Phi) is 6.43. The third kappa shape index (κ3) is 5.75. The highest BCUT2D eigenvalue weighted by atomic mass is 19.4. The summed E-state index contributed by atoms with van der Waals surface area (Å²) in [6, 6.07) is 12.8. The monoisotopic (exact) mass is 435 g/mol. The van der Waals surface area contributed by atoms with Crippen LogP contribution in [0.15, 0.2) is 67.0 Å². The molecule has 1 unspecified atom stereocenters. The van der Waals surface area contributed by atoms with Gasteiger partial charge in [0.2, 0.25) is 0 Å². The molecular formula is C20H13F4N3O4. The standard InChI is InChI=1S/C20H13F4N3O4/c21-14-6-2-1-5-13(14)15-9-8-12(11-26-15)30-18(31-19(29)20(22,23)24)17(28)27-16-7-3-4-10-25-16/h1-11,18H,(H,25,27,28). The van der Waals surface area contributed by atoms with Gasteiger partial charge in [0.1, 0.15) is 17.4 Å². The lowest BCUT2D eigenvalue weighted by molar-refractivity contribution is -0.215. The fraction of sp³-hybridized carbons (Fsp3) is 0.100. The lowest BCUT2D eigenvalue weighted by Gasteiger charge is -2.19. The van der Waals surface area contributed by atoms with Gasteiger partial charge in [0.15, 0.2) is 0 Å². The molecule has 3 aromatic rings. The number of carbonyl (C=O) groups is 2. The lowest BCUT2D eigenvalue weighted by atomic mass is 10.1. The smallest absolute Gasteiger partial charge is 0.445 e. The minimum Gasteiger partial charge on any atom is -0.445 e. The maximum Gasteiger partial charge on any atom is 0.491 e. The van der Waals surface area contributed by atoms with Crippen molar-refractivity contribution in [2.75, 3.05) is 5.32 Å². The van der Waals surface area contributed by atoms with E-state index in [2.05, 4.69) is 20.0 Å². The minimum absolute atomic E-state index is 0.00261. The van der Waals surface area contributed by atoms with E-state index in [0.717, 1.165) is 6.20 Å². The second-order valence-electron chi connectivity index (χ2n) is 5.92. The van der Waals surface area contributed by atoms with E-state index in [-0.39, 0.29) is 22.8 Å². The van der Waals surface area contributed by atoms with Crippen molar-refractivity contribution in [2.24, 2.45) is 0 Å². The lowest BCUT2D eigenvalue weighted by Crippen LogP contribution is -2.41. The minimum atomic E-state index is -5.35. The van der Waals surface area contributed by atoms with E-state index in [1.807, 2.05) is 0 Å². The van der Waals surface area contributed by atoms with Gasteiger partial charge < -0.3 is 14.8 Å². The van der Waals surface area contributed by atoms with Gasteiger partial charge in [0.05, 0.1) is 11.9 Å². The van der Waals surface area contributed by atoms with Crippen molar-refractivity contribution in [1.82, 2.24) is 9.97 Å². The van der Waals surface area contributed by atoms with Crippen LogP contribution in [0.3, 0.4) is 0 Å². The summed E-state index contributed by atoms with van der Waals surface area (Å²) in [4.78, 5) is 31.3. The predicted octanol–water partition coefficient (Wildman–Crippen LogP) is 3.73. The zero-order valence-corrected chi connectivity index (χ0v) is 15.5. The number of anilines is 1. The number of aromatic nitrogens is 2. The molecule has 0 aliphatic heterocycles. The maximum atomic E-state index is 13.9. The molecule has 0 spiro atoms. The van der Waals surface area contributed by atoms with Crippen LogP contribution in [0.2, 0.25) is 0 Å². The van der Waals surface area contributed by atoms with Gasteiger partial charge in [0.25, 0.3) is 0 Å². The van der Waals surface area contributed by atoms with E-state index in [4.69, 9.17) is 4.74 Å². The molecule has 2 aromatic heterocycles. The van der Waals surface area contributed by atoms with Crippen LogP contribution in [-0.2, 0) is 14.3 Å². The summed E-state index contributed by atoms with van der Waals surface area (Å²) in [5.41, 5.74) is 0.397. The molecule has 0 aliphatic carbocycles. The molecule has 1 N–H and O–H groups in total. The molecule has 0 saturated carbocycles. The first-order valence-electron chi connectivity index (χ1n) is 8.61. The maximum absolute atomic E-state index is 13.9. The number of hydrogen-bond acceptors (Lipinski definition) is 6. The molecule has 1 aromatic carbocycles. The van der Waals surface area contributed by atoms with Crippen molar-refractivity contribution >= 4 is 17.7 Å². The zero-order chi connectivity index (χ0) is 22.4. The summed E-state index contributed by atoms with van der Waals surface area (Å²) in [7, 11) is 0. The Hall–Kier alpha value is -4.02. The Morgan fingerprint density at radius 1 is 0.968 bits per heavy atom. The molecule has 2 heterocycles. The van der Waals surface area contributed by atoms with E-state index >= 15 is 0 Å². The van der Waals surface area contributed by atoms with E-state index in [0.29, 0.717) is 0 Å².